The molecule has 0 fully saturated rings. The maximum Gasteiger partial charge on any atom is 0.243 e. The number of nitrogen functional groups attached to an aromatic ring is 1. The minimum atomic E-state index is -0.0485. The number of halogens is 1. The van der Waals surface area contributed by atoms with Crippen molar-refractivity contribution in [3.8, 4) is 0 Å². The van der Waals surface area contributed by atoms with E-state index in [1.807, 2.05) is 18.2 Å². The summed E-state index contributed by atoms with van der Waals surface area (Å²) in [7, 11) is 0. The summed E-state index contributed by atoms with van der Waals surface area (Å²) < 4.78 is 0. The van der Waals surface area contributed by atoms with Crippen LogP contribution in [0.2, 0.25) is 5.02 Å². The highest BCUT2D eigenvalue weighted by atomic mass is 35.5. The van der Waals surface area contributed by atoms with Crippen LogP contribution in [0.25, 0.3) is 0 Å². The van der Waals surface area contributed by atoms with Crippen molar-refractivity contribution in [3.63, 3.8) is 0 Å². The third-order valence-electron chi connectivity index (χ3n) is 3.56. The summed E-state index contributed by atoms with van der Waals surface area (Å²) in [6, 6.07) is 12.9. The van der Waals surface area contributed by atoms with Gasteiger partial charge in [-0.25, -0.2) is 0 Å². The van der Waals surface area contributed by atoms with Gasteiger partial charge in [-0.15, -0.1) is 0 Å². The van der Waals surface area contributed by atoms with Gasteiger partial charge in [0.05, 0.1) is 6.54 Å². The molecule has 3 rings (SSSR count). The van der Waals surface area contributed by atoms with E-state index >= 15 is 0 Å². The van der Waals surface area contributed by atoms with E-state index in [9.17, 15) is 4.79 Å². The van der Waals surface area contributed by atoms with Gasteiger partial charge >= 0.3 is 0 Å². The highest BCUT2D eigenvalue weighted by Gasteiger charge is 2.21. The number of nitrogens with two attached hydrogens (primary N) is 1. The number of anilines is 3. The van der Waals surface area contributed by atoms with Crippen LogP contribution in [-0.2, 0) is 11.2 Å². The number of benzene rings is 2. The minimum Gasteiger partial charge on any atom is -0.399 e. The molecule has 2 aromatic carbocycles. The number of hydrogen-bond acceptors (Lipinski definition) is 3. The Labute approximate surface area is 128 Å². The molecule has 0 atom stereocenters. The Hall–Kier alpha value is -2.20. The molecule has 0 unspecified atom stereocenters. The van der Waals surface area contributed by atoms with Gasteiger partial charge in [-0.2, -0.15) is 0 Å². The SMILES string of the molecule is Nc1ccc2c(c1)N(CC(=O)Nc1ccc(Cl)cc1)CC2. The lowest BCUT2D eigenvalue weighted by Gasteiger charge is -2.19. The van der Waals surface area contributed by atoms with Crippen molar-refractivity contribution < 1.29 is 4.79 Å². The smallest absolute Gasteiger partial charge is 0.243 e. The Morgan fingerprint density at radius 1 is 1.24 bits per heavy atom. The van der Waals surface area contributed by atoms with Crippen molar-refractivity contribution in [1.29, 1.82) is 0 Å². The number of carbonyl (C=O) groups is 1. The lowest BCUT2D eigenvalue weighted by molar-refractivity contribution is -0.115. The van der Waals surface area contributed by atoms with Crippen LogP contribution in [0, 0.1) is 0 Å². The zero-order valence-corrected chi connectivity index (χ0v) is 12.2. The molecule has 4 nitrogen and oxygen atoms in total. The Balaban J connectivity index is 1.67. The second-order valence-electron chi connectivity index (χ2n) is 5.11. The molecule has 1 aliphatic rings. The minimum absolute atomic E-state index is 0.0485. The molecule has 1 aliphatic heterocycles. The topological polar surface area (TPSA) is 58.4 Å². The van der Waals surface area contributed by atoms with Gasteiger partial charge in [-0.05, 0) is 48.4 Å². The summed E-state index contributed by atoms with van der Waals surface area (Å²) >= 11 is 5.82. The maximum atomic E-state index is 12.1. The van der Waals surface area contributed by atoms with Crippen molar-refractivity contribution in [2.24, 2.45) is 0 Å². The molecule has 0 spiro atoms. The van der Waals surface area contributed by atoms with Gasteiger partial charge in [0.25, 0.3) is 0 Å². The summed E-state index contributed by atoms with van der Waals surface area (Å²) in [6.45, 7) is 1.16. The van der Waals surface area contributed by atoms with Crippen LogP contribution in [0.5, 0.6) is 0 Å². The van der Waals surface area contributed by atoms with Gasteiger partial charge < -0.3 is 16.0 Å². The first-order valence-electron chi connectivity index (χ1n) is 6.80. The van der Waals surface area contributed by atoms with Crippen LogP contribution in [-0.4, -0.2) is 19.0 Å². The standard InChI is InChI=1S/C16H16ClN3O/c17-12-2-5-14(6-3-12)19-16(21)10-20-8-7-11-1-4-13(18)9-15(11)20/h1-6,9H,7-8,10,18H2,(H,19,21). The molecule has 21 heavy (non-hydrogen) atoms. The van der Waals surface area contributed by atoms with Crippen LogP contribution in [0.4, 0.5) is 17.1 Å². The Bertz CT molecular complexity index is 670. The molecule has 0 saturated heterocycles. The molecular formula is C16H16ClN3O. The van der Waals surface area contributed by atoms with E-state index in [1.54, 1.807) is 24.3 Å². The van der Waals surface area contributed by atoms with Crippen LogP contribution in [0.3, 0.4) is 0 Å². The van der Waals surface area contributed by atoms with E-state index < -0.39 is 0 Å². The second kappa shape index (κ2) is 5.66. The normalized spacial score (nSPS) is 13.1. The largest absolute Gasteiger partial charge is 0.399 e. The zero-order chi connectivity index (χ0) is 14.8. The van der Waals surface area contributed by atoms with Gasteiger partial charge in [-0.1, -0.05) is 17.7 Å². The summed E-state index contributed by atoms with van der Waals surface area (Å²) in [4.78, 5) is 14.2. The molecule has 0 aromatic heterocycles. The molecule has 0 bridgehead atoms. The lowest BCUT2D eigenvalue weighted by atomic mass is 10.1. The van der Waals surface area contributed by atoms with Crippen LogP contribution in [0.15, 0.2) is 42.5 Å². The monoisotopic (exact) mass is 301 g/mol. The number of carbonyl (C=O) groups excluding carboxylic acids is 1. The molecule has 3 N–H and O–H groups in total. The molecule has 5 heteroatoms. The van der Waals surface area contributed by atoms with Crippen LogP contribution < -0.4 is 16.0 Å². The first-order chi connectivity index (χ1) is 10.1. The average molecular weight is 302 g/mol. The van der Waals surface area contributed by atoms with Crippen molar-refractivity contribution in [2.75, 3.05) is 29.0 Å². The predicted octanol–water partition coefficient (Wildman–Crippen LogP) is 2.92. The highest BCUT2D eigenvalue weighted by Crippen LogP contribution is 2.29. The van der Waals surface area contributed by atoms with Crippen LogP contribution >= 0.6 is 11.6 Å². The summed E-state index contributed by atoms with van der Waals surface area (Å²) in [5.41, 5.74) is 9.59. The van der Waals surface area contributed by atoms with Gasteiger partial charge in [0, 0.05) is 28.6 Å². The van der Waals surface area contributed by atoms with Crippen molar-refractivity contribution in [1.82, 2.24) is 0 Å². The predicted molar refractivity (Wildman–Crippen MR) is 86.9 cm³/mol. The van der Waals surface area contributed by atoms with E-state index in [-0.39, 0.29) is 5.91 Å². The molecule has 0 saturated carbocycles. The molecule has 108 valence electrons. The van der Waals surface area contributed by atoms with Crippen molar-refractivity contribution in [3.05, 3.63) is 53.1 Å². The first-order valence-corrected chi connectivity index (χ1v) is 7.18. The molecule has 2 aromatic rings. The second-order valence-corrected chi connectivity index (χ2v) is 5.55. The van der Waals surface area contributed by atoms with E-state index in [2.05, 4.69) is 10.2 Å². The molecular weight excluding hydrogens is 286 g/mol. The fraction of sp³-hybridized carbons (Fsp3) is 0.188. The maximum absolute atomic E-state index is 12.1. The summed E-state index contributed by atoms with van der Waals surface area (Å²) in [5.74, 6) is -0.0485. The van der Waals surface area contributed by atoms with E-state index in [1.165, 1.54) is 5.56 Å². The van der Waals surface area contributed by atoms with E-state index in [0.717, 1.165) is 30.0 Å². The number of hydrogen-bond donors (Lipinski definition) is 2. The lowest BCUT2D eigenvalue weighted by Crippen LogP contribution is -2.31. The summed E-state index contributed by atoms with van der Waals surface area (Å²) in [6.07, 6.45) is 0.948. The highest BCUT2D eigenvalue weighted by molar-refractivity contribution is 6.30. The molecule has 1 heterocycles. The zero-order valence-electron chi connectivity index (χ0n) is 11.5. The fourth-order valence-corrected chi connectivity index (χ4v) is 2.66. The fourth-order valence-electron chi connectivity index (χ4n) is 2.53. The van der Waals surface area contributed by atoms with E-state index in [0.29, 0.717) is 11.6 Å². The van der Waals surface area contributed by atoms with Gasteiger partial charge in [0.15, 0.2) is 0 Å². The summed E-state index contributed by atoms with van der Waals surface area (Å²) in [5, 5.41) is 3.52. The Kier molecular flexibility index (Phi) is 3.71. The number of nitrogens with zero attached hydrogens (tertiary/aromatic N) is 1. The third kappa shape index (κ3) is 3.11. The average Bonchev–Trinajstić information content (AvgIpc) is 2.84. The first kappa shape index (κ1) is 13.8. The number of amides is 1. The molecule has 1 amide bonds. The van der Waals surface area contributed by atoms with Gasteiger partial charge in [0.2, 0.25) is 5.91 Å². The quantitative estimate of drug-likeness (QED) is 0.857. The van der Waals surface area contributed by atoms with Crippen LogP contribution in [0.1, 0.15) is 5.56 Å². The number of fused-ring (bicyclic) bond motifs is 1. The Morgan fingerprint density at radius 3 is 2.76 bits per heavy atom. The van der Waals surface area contributed by atoms with Gasteiger partial charge in [-0.3, -0.25) is 4.79 Å². The number of rotatable bonds is 3. The van der Waals surface area contributed by atoms with Crippen molar-refractivity contribution in [2.45, 2.75) is 6.42 Å². The Morgan fingerprint density at radius 2 is 2.00 bits per heavy atom. The van der Waals surface area contributed by atoms with E-state index in [4.69, 9.17) is 17.3 Å². The van der Waals surface area contributed by atoms with Crippen molar-refractivity contribution >= 4 is 34.6 Å². The van der Waals surface area contributed by atoms with Gasteiger partial charge in [0.1, 0.15) is 0 Å². The molecule has 0 aliphatic carbocycles. The number of nitrogens with one attached hydrogen (secondary N) is 1. The molecule has 0 radical (unpaired) electrons. The third-order valence-corrected chi connectivity index (χ3v) is 3.82.